The van der Waals surface area contributed by atoms with Crippen molar-refractivity contribution < 1.29 is 14.3 Å². The van der Waals surface area contributed by atoms with Crippen molar-refractivity contribution in [2.45, 2.75) is 38.5 Å². The highest BCUT2D eigenvalue weighted by molar-refractivity contribution is 7.13. The molecule has 2 fully saturated rings. The number of methoxy groups -OCH3 is 1. The number of benzene rings is 2. The van der Waals surface area contributed by atoms with Crippen molar-refractivity contribution in [3.05, 3.63) is 48.5 Å². The van der Waals surface area contributed by atoms with Crippen molar-refractivity contribution in [2.75, 3.05) is 44.7 Å². The monoisotopic (exact) mass is 493 g/mol. The molecule has 5 rings (SSSR count). The van der Waals surface area contributed by atoms with Crippen LogP contribution in [-0.4, -0.2) is 55.1 Å². The first-order valence-corrected chi connectivity index (χ1v) is 13.6. The lowest BCUT2D eigenvalue weighted by Gasteiger charge is -2.36. The van der Waals surface area contributed by atoms with Crippen LogP contribution in [0.4, 0.5) is 5.82 Å². The predicted molar refractivity (Wildman–Crippen MR) is 142 cm³/mol. The van der Waals surface area contributed by atoms with Crippen LogP contribution in [-0.2, 0) is 4.79 Å². The Kier molecular flexibility index (Phi) is 7.84. The van der Waals surface area contributed by atoms with E-state index in [-0.39, 0.29) is 5.97 Å². The highest BCUT2D eigenvalue weighted by Crippen LogP contribution is 2.34. The maximum Gasteiger partial charge on any atom is 0.311 e. The lowest BCUT2D eigenvalue weighted by molar-refractivity contribution is -0.135. The molecule has 0 spiro atoms. The van der Waals surface area contributed by atoms with Crippen LogP contribution in [0.15, 0.2) is 48.5 Å². The fourth-order valence-electron chi connectivity index (χ4n) is 5.45. The smallest absolute Gasteiger partial charge is 0.311 e. The number of carbonyl (C=O) groups is 1. The number of nitrogens with zero attached hydrogens (tertiary/aromatic N) is 3. The maximum atomic E-state index is 12.4. The van der Waals surface area contributed by atoms with E-state index in [1.54, 1.807) is 30.8 Å². The van der Waals surface area contributed by atoms with Crippen LogP contribution in [0.5, 0.6) is 11.5 Å². The second-order valence-corrected chi connectivity index (χ2v) is 10.7. The van der Waals surface area contributed by atoms with Gasteiger partial charge in [-0.3, -0.25) is 9.69 Å². The van der Waals surface area contributed by atoms with Crippen LogP contribution in [0, 0.1) is 11.8 Å². The molecule has 2 aliphatic rings. The van der Waals surface area contributed by atoms with Crippen molar-refractivity contribution in [1.29, 1.82) is 0 Å². The quantitative estimate of drug-likeness (QED) is 0.300. The summed E-state index contributed by atoms with van der Waals surface area (Å²) in [6, 6.07) is 15.8. The van der Waals surface area contributed by atoms with Crippen LogP contribution in [0.25, 0.3) is 10.1 Å². The summed E-state index contributed by atoms with van der Waals surface area (Å²) in [7, 11) is 1.61. The molecular weight excluding hydrogens is 458 g/mol. The fourth-order valence-corrected chi connectivity index (χ4v) is 6.24. The number of ether oxygens (including phenoxy) is 2. The van der Waals surface area contributed by atoms with Gasteiger partial charge in [-0.2, -0.15) is 4.37 Å². The van der Waals surface area contributed by atoms with Gasteiger partial charge < -0.3 is 14.4 Å². The van der Waals surface area contributed by atoms with Gasteiger partial charge in [-0.25, -0.2) is 0 Å². The van der Waals surface area contributed by atoms with Gasteiger partial charge in [0.2, 0.25) is 0 Å². The van der Waals surface area contributed by atoms with Gasteiger partial charge in [0.15, 0.2) is 0 Å². The Bertz CT molecular complexity index is 1120. The molecule has 0 radical (unpaired) electrons. The van der Waals surface area contributed by atoms with E-state index in [2.05, 4.69) is 34.1 Å². The van der Waals surface area contributed by atoms with Gasteiger partial charge in [0.05, 0.1) is 11.8 Å². The lowest BCUT2D eigenvalue weighted by Crippen LogP contribution is -2.47. The first kappa shape index (κ1) is 24.1. The van der Waals surface area contributed by atoms with Crippen LogP contribution in [0.2, 0.25) is 0 Å². The summed E-state index contributed by atoms with van der Waals surface area (Å²) in [6.45, 7) is 5.50. The third-order valence-electron chi connectivity index (χ3n) is 7.58. The molecule has 0 atom stereocenters. The van der Waals surface area contributed by atoms with Gasteiger partial charge in [-0.1, -0.05) is 31.0 Å². The normalized spacial score (nSPS) is 21.2. The highest BCUT2D eigenvalue weighted by Gasteiger charge is 2.26. The minimum Gasteiger partial charge on any atom is -0.497 e. The van der Waals surface area contributed by atoms with E-state index in [1.807, 2.05) is 12.1 Å². The van der Waals surface area contributed by atoms with Crippen LogP contribution >= 0.6 is 11.5 Å². The molecule has 186 valence electrons. The Morgan fingerprint density at radius 3 is 2.51 bits per heavy atom. The Morgan fingerprint density at radius 2 is 1.71 bits per heavy atom. The van der Waals surface area contributed by atoms with Gasteiger partial charge in [-0.05, 0) is 73.4 Å². The number of rotatable bonds is 8. The minimum atomic E-state index is -0.132. The molecule has 2 aromatic carbocycles. The van der Waals surface area contributed by atoms with Gasteiger partial charge in [0, 0.05) is 44.1 Å². The van der Waals surface area contributed by atoms with Gasteiger partial charge in [0.1, 0.15) is 17.3 Å². The molecule has 0 bridgehead atoms. The summed E-state index contributed by atoms with van der Waals surface area (Å²) in [5.74, 6) is 3.52. The molecule has 2 heterocycles. The fraction of sp³-hybridized carbons (Fsp3) is 0.500. The molecule has 1 saturated carbocycles. The molecule has 0 N–H and O–H groups in total. The number of piperazine rings is 1. The molecular formula is C28H35N3O3S. The average molecular weight is 494 g/mol. The second-order valence-electron chi connectivity index (χ2n) is 9.86. The van der Waals surface area contributed by atoms with Gasteiger partial charge >= 0.3 is 5.97 Å². The number of esters is 1. The molecule has 1 aliphatic carbocycles. The van der Waals surface area contributed by atoms with Gasteiger partial charge in [0.25, 0.3) is 0 Å². The Balaban J connectivity index is 1.00. The molecule has 7 heteroatoms. The lowest BCUT2D eigenvalue weighted by atomic mass is 9.79. The number of hydrogen-bond acceptors (Lipinski definition) is 7. The molecule has 6 nitrogen and oxygen atoms in total. The van der Waals surface area contributed by atoms with E-state index in [0.29, 0.717) is 23.8 Å². The van der Waals surface area contributed by atoms with Crippen LogP contribution < -0.4 is 14.4 Å². The Hall–Kier alpha value is -2.64. The molecule has 35 heavy (non-hydrogen) atoms. The zero-order valence-corrected chi connectivity index (χ0v) is 21.3. The molecule has 0 unspecified atom stereocenters. The van der Waals surface area contributed by atoms with Crippen LogP contribution in [0.3, 0.4) is 0 Å². The SMILES string of the molecule is COc1cccc(OC(=O)CC2CCC(CCN3CCN(c4nsc5ccccc45)CC3)CC2)c1. The van der Waals surface area contributed by atoms with E-state index in [9.17, 15) is 4.79 Å². The summed E-state index contributed by atoms with van der Waals surface area (Å²) in [6.07, 6.45) is 6.48. The second kappa shape index (κ2) is 11.4. The largest absolute Gasteiger partial charge is 0.497 e. The number of carbonyl (C=O) groups excluding carboxylic acids is 1. The number of fused-ring (bicyclic) bond motifs is 1. The molecule has 0 amide bonds. The summed E-state index contributed by atoms with van der Waals surface area (Å²) in [5, 5.41) is 1.29. The molecule has 1 saturated heterocycles. The maximum absolute atomic E-state index is 12.4. The first-order valence-electron chi connectivity index (χ1n) is 12.8. The minimum absolute atomic E-state index is 0.132. The van der Waals surface area contributed by atoms with Crippen molar-refractivity contribution in [2.24, 2.45) is 11.8 Å². The van der Waals surface area contributed by atoms with E-state index in [1.165, 1.54) is 35.9 Å². The first-order chi connectivity index (χ1) is 17.2. The van der Waals surface area contributed by atoms with Crippen molar-refractivity contribution >= 4 is 33.4 Å². The summed E-state index contributed by atoms with van der Waals surface area (Å²) >= 11 is 1.60. The summed E-state index contributed by atoms with van der Waals surface area (Å²) in [5.41, 5.74) is 0. The Labute approximate surface area is 212 Å². The predicted octanol–water partition coefficient (Wildman–Crippen LogP) is 5.62. The average Bonchev–Trinajstić information content (AvgIpc) is 3.33. The van der Waals surface area contributed by atoms with Crippen molar-refractivity contribution in [1.82, 2.24) is 9.27 Å². The number of hydrogen-bond donors (Lipinski definition) is 0. The number of anilines is 1. The van der Waals surface area contributed by atoms with E-state index < -0.39 is 0 Å². The molecule has 1 aliphatic heterocycles. The Morgan fingerprint density at radius 1 is 0.971 bits per heavy atom. The standard InChI is InChI=1S/C28H35N3O3S/c1-33-23-5-4-6-24(20-23)34-27(32)19-22-11-9-21(10-12-22)13-14-30-15-17-31(18-16-30)28-25-7-2-3-8-26(25)35-29-28/h2-8,20-22H,9-19H2,1H3. The zero-order chi connectivity index (χ0) is 24.0. The highest BCUT2D eigenvalue weighted by atomic mass is 32.1. The van der Waals surface area contributed by atoms with Crippen molar-refractivity contribution in [3.8, 4) is 11.5 Å². The molecule has 3 aromatic rings. The summed E-state index contributed by atoms with van der Waals surface area (Å²) in [4.78, 5) is 17.5. The third-order valence-corrected chi connectivity index (χ3v) is 8.40. The third kappa shape index (κ3) is 6.14. The zero-order valence-electron chi connectivity index (χ0n) is 20.5. The summed E-state index contributed by atoms with van der Waals surface area (Å²) < 4.78 is 16.7. The topological polar surface area (TPSA) is 54.9 Å². The van der Waals surface area contributed by atoms with E-state index in [0.717, 1.165) is 50.8 Å². The number of aromatic nitrogens is 1. The van der Waals surface area contributed by atoms with Crippen molar-refractivity contribution in [3.63, 3.8) is 0 Å². The van der Waals surface area contributed by atoms with E-state index in [4.69, 9.17) is 13.8 Å². The van der Waals surface area contributed by atoms with E-state index >= 15 is 0 Å². The molecule has 1 aromatic heterocycles. The van der Waals surface area contributed by atoms with Gasteiger partial charge in [-0.15, -0.1) is 0 Å². The van der Waals surface area contributed by atoms with Crippen LogP contribution in [0.1, 0.15) is 38.5 Å².